The summed E-state index contributed by atoms with van der Waals surface area (Å²) in [7, 11) is 3.41. The summed E-state index contributed by atoms with van der Waals surface area (Å²) in [6.45, 7) is 5.38. The molecule has 2 aromatic carbocycles. The first-order valence-corrected chi connectivity index (χ1v) is 13.2. The van der Waals surface area contributed by atoms with E-state index in [0.29, 0.717) is 5.69 Å². The third-order valence-electron chi connectivity index (χ3n) is 6.89. The van der Waals surface area contributed by atoms with Gasteiger partial charge in [-0.2, -0.15) is 4.98 Å². The lowest BCUT2D eigenvalue weighted by molar-refractivity contribution is 0.0536. The highest BCUT2D eigenvalue weighted by Crippen LogP contribution is 2.23. The van der Waals surface area contributed by atoms with Crippen molar-refractivity contribution < 1.29 is 14.0 Å². The molecule has 2 aromatic heterocycles. The molecule has 1 aliphatic heterocycles. The third-order valence-corrected chi connectivity index (χ3v) is 7.18. The van der Waals surface area contributed by atoms with Gasteiger partial charge in [0.15, 0.2) is 5.65 Å². The van der Waals surface area contributed by atoms with Crippen molar-refractivity contribution in [2.75, 3.05) is 52.2 Å². The summed E-state index contributed by atoms with van der Waals surface area (Å²) in [5.74, 6) is -1.10. The van der Waals surface area contributed by atoms with Gasteiger partial charge in [0.25, 0.3) is 5.91 Å². The Hall–Kier alpha value is -3.90. The fraction of sp³-hybridized carbons (Fsp3) is 0.286. The Balaban J connectivity index is 1.42. The topological polar surface area (TPSA) is 105 Å². The average Bonchev–Trinajstić information content (AvgIpc) is 2.95. The molecule has 40 heavy (non-hydrogen) atoms. The molecule has 1 saturated heterocycles. The number of nitrogens with one attached hydrogen (secondary N) is 2. The highest BCUT2D eigenvalue weighted by molar-refractivity contribution is 6.30. The van der Waals surface area contributed by atoms with E-state index < -0.39 is 17.2 Å². The Kier molecular flexibility index (Phi) is 8.36. The van der Waals surface area contributed by atoms with Crippen molar-refractivity contribution in [3.05, 3.63) is 87.0 Å². The van der Waals surface area contributed by atoms with E-state index in [2.05, 4.69) is 54.6 Å². The average molecular weight is 566 g/mol. The summed E-state index contributed by atoms with van der Waals surface area (Å²) in [4.78, 5) is 44.0. The van der Waals surface area contributed by atoms with Crippen molar-refractivity contribution in [3.8, 4) is 5.69 Å². The first-order chi connectivity index (χ1) is 19.3. The monoisotopic (exact) mass is 565 g/mol. The second-order valence-corrected chi connectivity index (χ2v) is 10.0. The lowest BCUT2D eigenvalue weighted by atomic mass is 10.1. The molecule has 1 fully saturated rings. The summed E-state index contributed by atoms with van der Waals surface area (Å²) >= 11 is 6.02. The Morgan fingerprint density at radius 1 is 1.12 bits per heavy atom. The Bertz CT molecular complexity index is 1590. The van der Waals surface area contributed by atoms with E-state index in [-0.39, 0.29) is 27.6 Å². The van der Waals surface area contributed by atoms with E-state index in [1.54, 1.807) is 0 Å². The van der Waals surface area contributed by atoms with E-state index in [9.17, 15) is 14.0 Å². The van der Waals surface area contributed by atoms with E-state index in [0.717, 1.165) is 44.8 Å². The fourth-order valence-electron chi connectivity index (χ4n) is 4.55. The molecule has 0 saturated carbocycles. The molecule has 0 unspecified atom stereocenters. The van der Waals surface area contributed by atoms with Crippen LogP contribution in [-0.2, 0) is 11.3 Å². The van der Waals surface area contributed by atoms with Crippen LogP contribution in [0.15, 0.2) is 59.7 Å². The summed E-state index contributed by atoms with van der Waals surface area (Å²) in [6.07, 6.45) is 3.62. The highest BCUT2D eigenvalue weighted by atomic mass is 35.5. The maximum Gasteiger partial charge on any atom is 0.280 e. The molecule has 1 amide bonds. The number of benzene rings is 2. The van der Waals surface area contributed by atoms with Gasteiger partial charge >= 0.3 is 0 Å². The molecule has 208 valence electrons. The quantitative estimate of drug-likeness (QED) is 0.313. The molecular formula is C28H29ClFN7O3. The molecule has 0 radical (unpaired) electrons. The van der Waals surface area contributed by atoms with Crippen LogP contribution >= 0.6 is 11.6 Å². The van der Waals surface area contributed by atoms with Crippen LogP contribution in [0.3, 0.4) is 0 Å². The number of aromatic nitrogens is 3. The van der Waals surface area contributed by atoms with Gasteiger partial charge in [-0.25, -0.2) is 14.9 Å². The zero-order chi connectivity index (χ0) is 28.2. The second kappa shape index (κ2) is 12.1. The molecule has 0 aliphatic carbocycles. The van der Waals surface area contributed by atoms with Gasteiger partial charge in [-0.05, 0) is 49.4 Å². The zero-order valence-corrected chi connectivity index (χ0v) is 22.9. The summed E-state index contributed by atoms with van der Waals surface area (Å²) in [5.41, 5.74) is 3.98. The minimum atomic E-state index is -0.744. The minimum absolute atomic E-state index is 0.0917. The molecule has 4 aromatic rings. The van der Waals surface area contributed by atoms with Gasteiger partial charge < -0.3 is 19.7 Å². The Labute approximate surface area is 235 Å². The number of hydrogen-bond donors (Lipinski definition) is 2. The standard InChI is InChI=1S/C28H29ClFN7O3/c1-35-11-13-36(14-12-35)10-9-18-3-5-19(6-4-18)32-28-31-16-21-25(38)22(27(39)34-40-2)17-37(26(21)33-28)20-7-8-24(30)23(29)15-20/h3-8,15-17H,9-14H2,1-2H3,(H,34,39)(H,31,32,33). The third kappa shape index (κ3) is 6.13. The van der Waals surface area contributed by atoms with Gasteiger partial charge in [0.1, 0.15) is 11.4 Å². The number of piperazine rings is 1. The Morgan fingerprint density at radius 2 is 1.88 bits per heavy atom. The van der Waals surface area contributed by atoms with Crippen LogP contribution in [0, 0.1) is 5.82 Å². The predicted molar refractivity (Wildman–Crippen MR) is 152 cm³/mol. The first kappa shape index (κ1) is 27.7. The number of anilines is 2. The first-order valence-electron chi connectivity index (χ1n) is 12.8. The van der Waals surface area contributed by atoms with Gasteiger partial charge in [0, 0.05) is 56.5 Å². The highest BCUT2D eigenvalue weighted by Gasteiger charge is 2.19. The number of amides is 1. The van der Waals surface area contributed by atoms with E-state index in [1.165, 1.54) is 47.8 Å². The van der Waals surface area contributed by atoms with E-state index in [4.69, 9.17) is 11.6 Å². The lowest BCUT2D eigenvalue weighted by Gasteiger charge is -2.32. The normalized spacial score (nSPS) is 14.4. The van der Waals surface area contributed by atoms with Crippen LogP contribution in [0.4, 0.5) is 16.0 Å². The van der Waals surface area contributed by atoms with Gasteiger partial charge in [-0.1, -0.05) is 23.7 Å². The number of carbonyl (C=O) groups is 1. The Morgan fingerprint density at radius 3 is 2.58 bits per heavy atom. The number of halogens is 2. The number of rotatable bonds is 8. The van der Waals surface area contributed by atoms with E-state index >= 15 is 0 Å². The van der Waals surface area contributed by atoms with Crippen LogP contribution in [-0.4, -0.2) is 77.1 Å². The molecule has 0 atom stereocenters. The SMILES string of the molecule is CONC(=O)c1cn(-c2ccc(F)c(Cl)c2)c2nc(Nc3ccc(CCN4CCN(C)CC4)cc3)ncc2c1=O. The summed E-state index contributed by atoms with van der Waals surface area (Å²) in [6, 6.07) is 12.1. The largest absolute Gasteiger partial charge is 0.324 e. The molecule has 5 rings (SSSR count). The minimum Gasteiger partial charge on any atom is -0.324 e. The molecule has 1 aliphatic rings. The maximum absolute atomic E-state index is 13.9. The second-order valence-electron chi connectivity index (χ2n) is 9.62. The molecule has 2 N–H and O–H groups in total. The van der Waals surface area contributed by atoms with Crippen LogP contribution in [0.5, 0.6) is 0 Å². The number of carbonyl (C=O) groups excluding carboxylic acids is 1. The number of pyridine rings is 1. The predicted octanol–water partition coefficient (Wildman–Crippen LogP) is 3.40. The zero-order valence-electron chi connectivity index (χ0n) is 22.2. The molecular weight excluding hydrogens is 537 g/mol. The molecule has 10 nitrogen and oxygen atoms in total. The van der Waals surface area contributed by atoms with Crippen LogP contribution in [0.1, 0.15) is 15.9 Å². The van der Waals surface area contributed by atoms with Crippen LogP contribution in [0.25, 0.3) is 16.7 Å². The van der Waals surface area contributed by atoms with Gasteiger partial charge in [0.2, 0.25) is 11.4 Å². The van der Waals surface area contributed by atoms with Crippen molar-refractivity contribution in [1.82, 2.24) is 29.8 Å². The van der Waals surface area contributed by atoms with Crippen molar-refractivity contribution in [2.45, 2.75) is 6.42 Å². The number of hydroxylamine groups is 1. The molecule has 12 heteroatoms. The van der Waals surface area contributed by atoms with Crippen molar-refractivity contribution >= 4 is 40.2 Å². The number of fused-ring (bicyclic) bond motifs is 1. The van der Waals surface area contributed by atoms with Gasteiger partial charge in [0.05, 0.1) is 17.5 Å². The van der Waals surface area contributed by atoms with E-state index in [1.807, 2.05) is 12.1 Å². The van der Waals surface area contributed by atoms with Gasteiger partial charge in [-0.3, -0.25) is 14.4 Å². The number of nitrogens with zero attached hydrogens (tertiary/aromatic N) is 5. The molecule has 0 spiro atoms. The number of likely N-dealkylation sites (N-methyl/N-ethyl adjacent to an activating group) is 1. The number of hydrogen-bond acceptors (Lipinski definition) is 8. The van der Waals surface area contributed by atoms with Crippen LogP contribution in [0.2, 0.25) is 5.02 Å². The van der Waals surface area contributed by atoms with Gasteiger partial charge in [-0.15, -0.1) is 0 Å². The smallest absolute Gasteiger partial charge is 0.280 e. The van der Waals surface area contributed by atoms with Crippen molar-refractivity contribution in [3.63, 3.8) is 0 Å². The fourth-order valence-corrected chi connectivity index (χ4v) is 4.73. The maximum atomic E-state index is 13.9. The lowest BCUT2D eigenvalue weighted by Crippen LogP contribution is -2.45. The molecule has 0 bridgehead atoms. The summed E-state index contributed by atoms with van der Waals surface area (Å²) < 4.78 is 15.4. The summed E-state index contributed by atoms with van der Waals surface area (Å²) in [5, 5.41) is 3.14. The van der Waals surface area contributed by atoms with Crippen LogP contribution < -0.4 is 16.2 Å². The van der Waals surface area contributed by atoms with Crippen molar-refractivity contribution in [2.24, 2.45) is 0 Å². The van der Waals surface area contributed by atoms with Crippen molar-refractivity contribution in [1.29, 1.82) is 0 Å². The molecule has 3 heterocycles.